The molecule has 0 spiro atoms. The predicted octanol–water partition coefficient (Wildman–Crippen LogP) is 2.77. The summed E-state index contributed by atoms with van der Waals surface area (Å²) in [5.74, 6) is 0.948. The van der Waals surface area contributed by atoms with Gasteiger partial charge in [0.1, 0.15) is 23.4 Å². The Bertz CT molecular complexity index is 1400. The number of fused-ring (bicyclic) bond motifs is 2. The number of imidazole rings is 1. The van der Waals surface area contributed by atoms with E-state index in [9.17, 15) is 4.39 Å². The molecule has 0 bridgehead atoms. The number of alkyl halides is 2. The number of rotatable bonds is 7. The molecule has 0 aliphatic carbocycles. The third kappa shape index (κ3) is 3.94. The summed E-state index contributed by atoms with van der Waals surface area (Å²) in [6, 6.07) is 5.57. The highest BCUT2D eigenvalue weighted by Gasteiger charge is 2.43. The molecule has 2 atom stereocenters. The second-order valence-electron chi connectivity index (χ2n) is 9.65. The molecule has 2 saturated heterocycles. The molecule has 0 amide bonds. The van der Waals surface area contributed by atoms with Crippen LogP contribution in [0.4, 0.5) is 20.5 Å². The van der Waals surface area contributed by atoms with E-state index in [1.54, 1.807) is 29.4 Å². The van der Waals surface area contributed by atoms with Gasteiger partial charge in [-0.3, -0.25) is 4.90 Å². The lowest BCUT2D eigenvalue weighted by Crippen LogP contribution is -2.61. The van der Waals surface area contributed by atoms with E-state index in [1.807, 2.05) is 24.4 Å². The minimum absolute atomic E-state index is 0.199. The molecule has 0 radical (unpaired) electrons. The van der Waals surface area contributed by atoms with Crippen LogP contribution in [0.25, 0.3) is 27.9 Å². The number of ether oxygens (including phenoxy) is 1. The van der Waals surface area contributed by atoms with Gasteiger partial charge in [-0.2, -0.15) is 4.98 Å². The Labute approximate surface area is 206 Å². The Balaban J connectivity index is 1.30. The molecule has 12 heteroatoms. The maximum absolute atomic E-state index is 15.6. The van der Waals surface area contributed by atoms with E-state index in [0.717, 1.165) is 17.6 Å². The van der Waals surface area contributed by atoms with Crippen molar-refractivity contribution in [2.45, 2.75) is 37.6 Å². The maximum atomic E-state index is 15.6. The Morgan fingerprint density at radius 1 is 1.22 bits per heavy atom. The number of nitrogens with zero attached hydrogens (tertiary/aromatic N) is 7. The van der Waals surface area contributed by atoms with Crippen molar-refractivity contribution >= 4 is 28.4 Å². The molecule has 2 aliphatic rings. The van der Waals surface area contributed by atoms with Crippen molar-refractivity contribution in [3.8, 4) is 11.3 Å². The van der Waals surface area contributed by atoms with E-state index < -0.39 is 18.4 Å². The van der Waals surface area contributed by atoms with Crippen LogP contribution in [0.3, 0.4) is 0 Å². The van der Waals surface area contributed by atoms with Crippen molar-refractivity contribution in [1.82, 2.24) is 34.0 Å². The van der Waals surface area contributed by atoms with Crippen LogP contribution in [0.15, 0.2) is 30.7 Å². The number of nitrogens with one attached hydrogen (secondary N) is 2. The number of likely N-dealkylation sites (tertiary alicyclic amines) is 1. The second kappa shape index (κ2) is 8.93. The molecule has 2 unspecified atom stereocenters. The Morgan fingerprint density at radius 3 is 2.81 bits per heavy atom. The van der Waals surface area contributed by atoms with Crippen LogP contribution >= 0.6 is 0 Å². The summed E-state index contributed by atoms with van der Waals surface area (Å²) in [7, 11) is 1.79. The average Bonchev–Trinajstić information content (AvgIpc) is 3.43. The van der Waals surface area contributed by atoms with E-state index in [1.165, 1.54) is 0 Å². The van der Waals surface area contributed by atoms with Gasteiger partial charge >= 0.3 is 0 Å². The van der Waals surface area contributed by atoms with Crippen LogP contribution in [0.1, 0.15) is 13.3 Å². The number of piperidine rings is 1. The molecule has 0 aromatic carbocycles. The molecule has 2 aliphatic heterocycles. The van der Waals surface area contributed by atoms with Crippen molar-refractivity contribution in [3.63, 3.8) is 0 Å². The number of aryl methyl sites for hydroxylation is 1. The molecule has 6 heterocycles. The number of anilines is 2. The molecule has 10 nitrogen and oxygen atoms in total. The topological polar surface area (TPSA) is 97.4 Å². The van der Waals surface area contributed by atoms with Gasteiger partial charge in [0.2, 0.25) is 5.95 Å². The van der Waals surface area contributed by atoms with Gasteiger partial charge in [0.15, 0.2) is 11.5 Å². The standard InChI is InChI=1S/C24H29F2N9O/c1-24(26)13-33(15-11-36-12-15)8-6-19(24)30-23-31-21(27-2)20-16(5-9-35(20)32-23)17-3-4-18-22(29-17)34(10-7-25)14-28-18/h3-5,9,14-15,19H,6-8,10-13H2,1-2H3,(H2,27,30,31,32). The molecule has 36 heavy (non-hydrogen) atoms. The zero-order valence-corrected chi connectivity index (χ0v) is 20.3. The van der Waals surface area contributed by atoms with E-state index >= 15 is 4.39 Å². The average molecular weight is 498 g/mol. The molecule has 4 aromatic rings. The van der Waals surface area contributed by atoms with Gasteiger partial charge in [-0.15, -0.1) is 5.10 Å². The molecule has 6 rings (SSSR count). The van der Waals surface area contributed by atoms with Gasteiger partial charge in [0.05, 0.1) is 43.9 Å². The van der Waals surface area contributed by atoms with Crippen LogP contribution < -0.4 is 10.6 Å². The van der Waals surface area contributed by atoms with Gasteiger partial charge < -0.3 is 19.9 Å². The SMILES string of the molecule is CNc1nc(NC2CCN(C3COC3)CC2(C)F)nn2ccc(-c3ccc4ncn(CCF)c4n3)c12. The molecule has 2 N–H and O–H groups in total. The van der Waals surface area contributed by atoms with Gasteiger partial charge in [-0.05, 0) is 31.5 Å². The van der Waals surface area contributed by atoms with E-state index in [4.69, 9.17) is 9.72 Å². The largest absolute Gasteiger partial charge is 0.378 e. The first-order chi connectivity index (χ1) is 17.5. The Kier molecular flexibility index (Phi) is 5.72. The fraction of sp³-hybridized carbons (Fsp3) is 0.500. The van der Waals surface area contributed by atoms with E-state index in [2.05, 4.69) is 30.6 Å². The summed E-state index contributed by atoms with van der Waals surface area (Å²) in [5.41, 5.74) is 2.17. The summed E-state index contributed by atoms with van der Waals surface area (Å²) >= 11 is 0. The number of hydrogen-bond acceptors (Lipinski definition) is 8. The van der Waals surface area contributed by atoms with E-state index in [0.29, 0.717) is 60.8 Å². The lowest BCUT2D eigenvalue weighted by Gasteiger charge is -2.46. The minimum Gasteiger partial charge on any atom is -0.378 e. The van der Waals surface area contributed by atoms with Gasteiger partial charge in [-0.25, -0.2) is 23.3 Å². The lowest BCUT2D eigenvalue weighted by molar-refractivity contribution is -0.0924. The molecule has 0 saturated carbocycles. The summed E-state index contributed by atoms with van der Waals surface area (Å²) in [6.07, 6.45) is 4.08. The van der Waals surface area contributed by atoms with Crippen molar-refractivity contribution in [1.29, 1.82) is 0 Å². The monoisotopic (exact) mass is 497 g/mol. The molecule has 190 valence electrons. The summed E-state index contributed by atoms with van der Waals surface area (Å²) < 4.78 is 37.3. The van der Waals surface area contributed by atoms with Crippen LogP contribution in [0.5, 0.6) is 0 Å². The number of halogens is 2. The maximum Gasteiger partial charge on any atom is 0.243 e. The predicted molar refractivity (Wildman–Crippen MR) is 133 cm³/mol. The summed E-state index contributed by atoms with van der Waals surface area (Å²) in [5, 5.41) is 11.0. The molecule has 2 fully saturated rings. The van der Waals surface area contributed by atoms with Crippen LogP contribution in [-0.4, -0.2) is 91.8 Å². The third-order valence-corrected chi connectivity index (χ3v) is 7.20. The Morgan fingerprint density at radius 2 is 2.08 bits per heavy atom. The zero-order valence-electron chi connectivity index (χ0n) is 20.3. The zero-order chi connectivity index (χ0) is 24.9. The highest BCUT2D eigenvalue weighted by Crippen LogP contribution is 2.33. The lowest BCUT2D eigenvalue weighted by atomic mass is 9.89. The minimum atomic E-state index is -1.43. The van der Waals surface area contributed by atoms with Gasteiger partial charge in [0, 0.05) is 31.9 Å². The van der Waals surface area contributed by atoms with Crippen molar-refractivity contribution in [2.75, 3.05) is 50.7 Å². The molecule has 4 aromatic heterocycles. The number of aromatic nitrogens is 6. The van der Waals surface area contributed by atoms with Crippen molar-refractivity contribution in [3.05, 3.63) is 30.7 Å². The molecular weight excluding hydrogens is 468 g/mol. The normalized spacial score (nSPS) is 23.3. The Hall–Kier alpha value is -3.38. The highest BCUT2D eigenvalue weighted by atomic mass is 19.1. The first kappa shape index (κ1) is 23.0. The van der Waals surface area contributed by atoms with Crippen LogP contribution in [0.2, 0.25) is 0 Å². The third-order valence-electron chi connectivity index (χ3n) is 7.20. The first-order valence-electron chi connectivity index (χ1n) is 12.2. The quantitative estimate of drug-likeness (QED) is 0.402. The van der Waals surface area contributed by atoms with Gasteiger partial charge in [-0.1, -0.05) is 0 Å². The van der Waals surface area contributed by atoms with Crippen molar-refractivity contribution in [2.24, 2.45) is 0 Å². The van der Waals surface area contributed by atoms with Gasteiger partial charge in [0.25, 0.3) is 0 Å². The fourth-order valence-corrected chi connectivity index (χ4v) is 5.12. The van der Waals surface area contributed by atoms with Crippen LogP contribution in [0, 0.1) is 0 Å². The fourth-order valence-electron chi connectivity index (χ4n) is 5.12. The van der Waals surface area contributed by atoms with Crippen molar-refractivity contribution < 1.29 is 13.5 Å². The summed E-state index contributed by atoms with van der Waals surface area (Å²) in [6.45, 7) is 3.84. The molecular formula is C24H29F2N9O. The second-order valence-corrected chi connectivity index (χ2v) is 9.65. The van der Waals surface area contributed by atoms with E-state index in [-0.39, 0.29) is 6.54 Å². The summed E-state index contributed by atoms with van der Waals surface area (Å²) in [4.78, 5) is 15.9. The van der Waals surface area contributed by atoms with Crippen LogP contribution in [-0.2, 0) is 11.3 Å². The number of hydrogen-bond donors (Lipinski definition) is 2. The highest BCUT2D eigenvalue weighted by molar-refractivity contribution is 5.89. The first-order valence-corrected chi connectivity index (χ1v) is 12.2. The smallest absolute Gasteiger partial charge is 0.243 e. The number of pyridine rings is 1.